The number of nitriles is 1. The van der Waals surface area contributed by atoms with Crippen molar-refractivity contribution < 1.29 is 0 Å². The molecule has 2 aromatic rings. The van der Waals surface area contributed by atoms with Crippen LogP contribution in [0.25, 0.3) is 0 Å². The summed E-state index contributed by atoms with van der Waals surface area (Å²) in [5.74, 6) is 0. The van der Waals surface area contributed by atoms with Gasteiger partial charge in [0.1, 0.15) is 6.07 Å². The van der Waals surface area contributed by atoms with Crippen molar-refractivity contribution in [1.82, 2.24) is 0 Å². The molecule has 1 atom stereocenters. The Morgan fingerprint density at radius 1 is 1.37 bits per heavy atom. The Morgan fingerprint density at radius 3 is 3.11 bits per heavy atom. The van der Waals surface area contributed by atoms with Crippen LogP contribution in [0.2, 0.25) is 0 Å². The highest BCUT2D eigenvalue weighted by Crippen LogP contribution is 2.36. The highest BCUT2D eigenvalue weighted by molar-refractivity contribution is 9.10. The largest absolute Gasteiger partial charge is 0.377 e. The zero-order chi connectivity index (χ0) is 13.2. The van der Waals surface area contributed by atoms with Gasteiger partial charge in [-0.2, -0.15) is 5.26 Å². The van der Waals surface area contributed by atoms with Crippen LogP contribution in [0.4, 0.5) is 5.69 Å². The lowest BCUT2D eigenvalue weighted by Gasteiger charge is -2.25. The smallest absolute Gasteiger partial charge is 0.103 e. The summed E-state index contributed by atoms with van der Waals surface area (Å²) in [6, 6.07) is 10.6. The highest BCUT2D eigenvalue weighted by atomic mass is 79.9. The van der Waals surface area contributed by atoms with E-state index in [1.54, 1.807) is 0 Å². The maximum absolute atomic E-state index is 9.27. The van der Waals surface area contributed by atoms with Crippen LogP contribution in [0.5, 0.6) is 0 Å². The number of benzene rings is 1. The number of aryl methyl sites for hydroxylation is 1. The number of thiophene rings is 1. The van der Waals surface area contributed by atoms with E-state index in [1.165, 1.54) is 23.3 Å². The van der Waals surface area contributed by atoms with Crippen molar-refractivity contribution in [3.8, 4) is 6.07 Å². The number of halogens is 1. The summed E-state index contributed by atoms with van der Waals surface area (Å²) in [6.45, 7) is 0. The lowest BCUT2D eigenvalue weighted by Crippen LogP contribution is -2.16. The SMILES string of the molecule is N#Cc1c(Br)cccc1NC1CCCc2sccc21. The van der Waals surface area contributed by atoms with Crippen molar-refractivity contribution in [2.45, 2.75) is 25.3 Å². The molecule has 2 nitrogen and oxygen atoms in total. The maximum atomic E-state index is 9.27. The third-order valence-corrected chi connectivity index (χ3v) is 5.16. The van der Waals surface area contributed by atoms with Gasteiger partial charge in [0.15, 0.2) is 0 Å². The van der Waals surface area contributed by atoms with E-state index < -0.39 is 0 Å². The van der Waals surface area contributed by atoms with E-state index in [1.807, 2.05) is 29.5 Å². The number of hydrogen-bond acceptors (Lipinski definition) is 3. The molecule has 0 saturated heterocycles. The Morgan fingerprint density at radius 2 is 2.26 bits per heavy atom. The van der Waals surface area contributed by atoms with E-state index in [0.29, 0.717) is 11.6 Å². The van der Waals surface area contributed by atoms with Gasteiger partial charge in [0, 0.05) is 9.35 Å². The van der Waals surface area contributed by atoms with Gasteiger partial charge in [-0.15, -0.1) is 11.3 Å². The first-order valence-corrected chi connectivity index (χ1v) is 7.98. The molecule has 0 amide bonds. The van der Waals surface area contributed by atoms with Gasteiger partial charge < -0.3 is 5.32 Å². The lowest BCUT2D eigenvalue weighted by atomic mass is 9.93. The summed E-state index contributed by atoms with van der Waals surface area (Å²) in [7, 11) is 0. The Kier molecular flexibility index (Phi) is 3.58. The van der Waals surface area contributed by atoms with Gasteiger partial charge in [-0.25, -0.2) is 0 Å². The molecule has 0 fully saturated rings. The number of rotatable bonds is 2. The summed E-state index contributed by atoms with van der Waals surface area (Å²) in [6.07, 6.45) is 3.52. The molecule has 1 aliphatic rings. The molecule has 19 heavy (non-hydrogen) atoms. The summed E-state index contributed by atoms with van der Waals surface area (Å²) >= 11 is 5.27. The van der Waals surface area contributed by atoms with Crippen molar-refractivity contribution in [3.63, 3.8) is 0 Å². The molecular weight excluding hydrogens is 320 g/mol. The minimum Gasteiger partial charge on any atom is -0.377 e. The number of anilines is 1. The zero-order valence-corrected chi connectivity index (χ0v) is 12.7. The van der Waals surface area contributed by atoms with Crippen molar-refractivity contribution >= 4 is 33.0 Å². The second kappa shape index (κ2) is 5.36. The number of hydrogen-bond donors (Lipinski definition) is 1. The quantitative estimate of drug-likeness (QED) is 0.851. The molecule has 0 spiro atoms. The van der Waals surface area contributed by atoms with Crippen molar-refractivity contribution in [2.24, 2.45) is 0 Å². The van der Waals surface area contributed by atoms with Gasteiger partial charge in [0.05, 0.1) is 17.3 Å². The van der Waals surface area contributed by atoms with Crippen LogP contribution in [0.1, 0.15) is 34.9 Å². The summed E-state index contributed by atoms with van der Waals surface area (Å²) in [5, 5.41) is 15.0. The molecule has 1 aliphatic carbocycles. The van der Waals surface area contributed by atoms with E-state index in [4.69, 9.17) is 0 Å². The molecule has 96 valence electrons. The molecule has 1 aromatic carbocycles. The average Bonchev–Trinajstić information content (AvgIpc) is 2.88. The fourth-order valence-electron chi connectivity index (χ4n) is 2.58. The first-order valence-electron chi connectivity index (χ1n) is 6.31. The summed E-state index contributed by atoms with van der Waals surface area (Å²) < 4.78 is 0.848. The zero-order valence-electron chi connectivity index (χ0n) is 10.3. The van der Waals surface area contributed by atoms with Crippen LogP contribution in [-0.2, 0) is 6.42 Å². The Balaban J connectivity index is 1.92. The average molecular weight is 333 g/mol. The van der Waals surface area contributed by atoms with Crippen molar-refractivity contribution in [1.29, 1.82) is 5.26 Å². The standard InChI is InChI=1S/C15H13BrN2S/c16-12-3-1-4-14(11(12)9-17)18-13-5-2-6-15-10(13)7-8-19-15/h1,3-4,7-8,13,18H,2,5-6H2. The van der Waals surface area contributed by atoms with E-state index in [0.717, 1.165) is 16.6 Å². The molecule has 1 aromatic heterocycles. The molecule has 0 aliphatic heterocycles. The molecule has 4 heteroatoms. The van der Waals surface area contributed by atoms with E-state index in [9.17, 15) is 5.26 Å². The first-order chi connectivity index (χ1) is 9.29. The van der Waals surface area contributed by atoms with Gasteiger partial charge in [0.25, 0.3) is 0 Å². The minimum absolute atomic E-state index is 0.330. The number of nitrogens with one attached hydrogen (secondary N) is 1. The van der Waals surface area contributed by atoms with Gasteiger partial charge in [-0.3, -0.25) is 0 Å². The molecular formula is C15H13BrN2S. The summed E-state index contributed by atoms with van der Waals surface area (Å²) in [4.78, 5) is 1.48. The van der Waals surface area contributed by atoms with Gasteiger partial charge in [-0.05, 0) is 64.3 Å². The minimum atomic E-state index is 0.330. The maximum Gasteiger partial charge on any atom is 0.103 e. The van der Waals surface area contributed by atoms with E-state index >= 15 is 0 Å². The molecule has 0 radical (unpaired) electrons. The molecule has 3 rings (SSSR count). The van der Waals surface area contributed by atoms with E-state index in [-0.39, 0.29) is 0 Å². The lowest BCUT2D eigenvalue weighted by molar-refractivity contribution is 0.608. The van der Waals surface area contributed by atoms with E-state index in [2.05, 4.69) is 38.8 Å². The summed E-state index contributed by atoms with van der Waals surface area (Å²) in [5.41, 5.74) is 3.01. The van der Waals surface area contributed by atoms with Gasteiger partial charge >= 0.3 is 0 Å². The van der Waals surface area contributed by atoms with Crippen LogP contribution in [-0.4, -0.2) is 0 Å². The molecule has 1 N–H and O–H groups in total. The van der Waals surface area contributed by atoms with Crippen LogP contribution < -0.4 is 5.32 Å². The highest BCUT2D eigenvalue weighted by Gasteiger charge is 2.22. The van der Waals surface area contributed by atoms with Crippen LogP contribution in [0, 0.1) is 11.3 Å². The Hall–Kier alpha value is -1.31. The number of nitrogens with zero attached hydrogens (tertiary/aromatic N) is 1. The second-order valence-electron chi connectivity index (χ2n) is 4.66. The van der Waals surface area contributed by atoms with Gasteiger partial charge in [-0.1, -0.05) is 6.07 Å². The fourth-order valence-corrected chi connectivity index (χ4v) is 4.02. The van der Waals surface area contributed by atoms with Gasteiger partial charge in [0.2, 0.25) is 0 Å². The first kappa shape index (κ1) is 12.7. The second-order valence-corrected chi connectivity index (χ2v) is 6.52. The molecule has 1 unspecified atom stereocenters. The Labute approximate surface area is 125 Å². The van der Waals surface area contributed by atoms with Crippen LogP contribution in [0.3, 0.4) is 0 Å². The third kappa shape index (κ3) is 2.41. The van der Waals surface area contributed by atoms with Crippen molar-refractivity contribution in [2.75, 3.05) is 5.32 Å². The predicted molar refractivity (Wildman–Crippen MR) is 82.5 cm³/mol. The van der Waals surface area contributed by atoms with Crippen LogP contribution >= 0.6 is 27.3 Å². The predicted octanol–water partition coefficient (Wildman–Crippen LogP) is 4.87. The third-order valence-electron chi connectivity index (χ3n) is 3.51. The number of fused-ring (bicyclic) bond motifs is 1. The van der Waals surface area contributed by atoms with Crippen molar-refractivity contribution in [3.05, 3.63) is 50.1 Å². The Bertz CT molecular complexity index is 642. The fraction of sp³-hybridized carbons (Fsp3) is 0.267. The molecule has 1 heterocycles. The van der Waals surface area contributed by atoms with Crippen LogP contribution in [0.15, 0.2) is 34.1 Å². The molecule has 0 bridgehead atoms. The normalized spacial score (nSPS) is 17.6. The topological polar surface area (TPSA) is 35.8 Å². The monoisotopic (exact) mass is 332 g/mol. The molecule has 0 saturated carbocycles.